The molecule has 0 atom stereocenters. The van der Waals surface area contributed by atoms with Crippen molar-refractivity contribution in [3.05, 3.63) is 24.8 Å². The molecule has 0 aromatic rings. The van der Waals surface area contributed by atoms with E-state index in [-0.39, 0.29) is 12.6 Å². The SMILES string of the molecule is C=CCOCC(=C)C(=O)OCCCCC. The van der Waals surface area contributed by atoms with E-state index in [4.69, 9.17) is 9.47 Å². The first kappa shape index (κ1) is 13.9. The molecule has 0 heterocycles. The Morgan fingerprint density at radius 3 is 2.73 bits per heavy atom. The van der Waals surface area contributed by atoms with Crippen LogP contribution in [0.2, 0.25) is 0 Å². The van der Waals surface area contributed by atoms with Crippen LogP contribution in [0.15, 0.2) is 24.8 Å². The summed E-state index contributed by atoms with van der Waals surface area (Å²) in [6, 6.07) is 0. The summed E-state index contributed by atoms with van der Waals surface area (Å²) in [7, 11) is 0. The molecule has 0 saturated carbocycles. The van der Waals surface area contributed by atoms with Crippen LogP contribution in [-0.2, 0) is 14.3 Å². The number of ether oxygens (including phenoxy) is 2. The highest BCUT2D eigenvalue weighted by Crippen LogP contribution is 1.99. The summed E-state index contributed by atoms with van der Waals surface area (Å²) in [4.78, 5) is 11.3. The third kappa shape index (κ3) is 7.94. The van der Waals surface area contributed by atoms with Crippen LogP contribution in [0.25, 0.3) is 0 Å². The second kappa shape index (κ2) is 9.46. The monoisotopic (exact) mass is 212 g/mol. The first-order chi connectivity index (χ1) is 7.22. The summed E-state index contributed by atoms with van der Waals surface area (Å²) in [6.07, 6.45) is 4.72. The van der Waals surface area contributed by atoms with Gasteiger partial charge in [0.05, 0.1) is 25.4 Å². The van der Waals surface area contributed by atoms with Gasteiger partial charge in [0.25, 0.3) is 0 Å². The zero-order valence-electron chi connectivity index (χ0n) is 9.46. The number of esters is 1. The Bertz CT molecular complexity index is 209. The van der Waals surface area contributed by atoms with Gasteiger partial charge in [-0.1, -0.05) is 32.4 Å². The smallest absolute Gasteiger partial charge is 0.335 e. The molecule has 3 heteroatoms. The third-order valence-corrected chi connectivity index (χ3v) is 1.78. The van der Waals surface area contributed by atoms with Gasteiger partial charge >= 0.3 is 5.97 Å². The van der Waals surface area contributed by atoms with Crippen molar-refractivity contribution < 1.29 is 14.3 Å². The molecule has 0 saturated heterocycles. The average Bonchev–Trinajstić information content (AvgIpc) is 2.24. The molecular weight excluding hydrogens is 192 g/mol. The van der Waals surface area contributed by atoms with E-state index in [2.05, 4.69) is 20.1 Å². The van der Waals surface area contributed by atoms with E-state index in [0.29, 0.717) is 18.8 Å². The Morgan fingerprint density at radius 2 is 2.13 bits per heavy atom. The highest BCUT2D eigenvalue weighted by Gasteiger charge is 2.07. The summed E-state index contributed by atoms with van der Waals surface area (Å²) in [5, 5.41) is 0. The van der Waals surface area contributed by atoms with Gasteiger partial charge in [-0.3, -0.25) is 0 Å². The molecule has 0 aliphatic heterocycles. The Balaban J connectivity index is 3.51. The molecule has 0 rings (SSSR count). The summed E-state index contributed by atoms with van der Waals surface area (Å²) < 4.78 is 10.1. The van der Waals surface area contributed by atoms with Gasteiger partial charge in [0.15, 0.2) is 0 Å². The molecule has 3 nitrogen and oxygen atoms in total. The second-order valence-corrected chi connectivity index (χ2v) is 3.25. The normalized spacial score (nSPS) is 9.67. The van der Waals surface area contributed by atoms with Crippen molar-refractivity contribution in [1.29, 1.82) is 0 Å². The van der Waals surface area contributed by atoms with Crippen LogP contribution < -0.4 is 0 Å². The quantitative estimate of drug-likeness (QED) is 0.255. The number of hydrogen-bond donors (Lipinski definition) is 0. The molecule has 0 bridgehead atoms. The van der Waals surface area contributed by atoms with Gasteiger partial charge in [-0.15, -0.1) is 6.58 Å². The zero-order chi connectivity index (χ0) is 11.5. The van der Waals surface area contributed by atoms with Gasteiger partial charge < -0.3 is 9.47 Å². The number of unbranched alkanes of at least 4 members (excludes halogenated alkanes) is 2. The molecule has 86 valence electrons. The number of carbonyl (C=O) groups is 1. The number of carbonyl (C=O) groups excluding carboxylic acids is 1. The first-order valence-electron chi connectivity index (χ1n) is 5.25. The van der Waals surface area contributed by atoms with Crippen molar-refractivity contribution in [2.75, 3.05) is 19.8 Å². The summed E-state index contributed by atoms with van der Waals surface area (Å²) in [5.41, 5.74) is 0.355. The topological polar surface area (TPSA) is 35.5 Å². The maximum absolute atomic E-state index is 11.3. The van der Waals surface area contributed by atoms with Gasteiger partial charge in [-0.25, -0.2) is 4.79 Å². The fourth-order valence-corrected chi connectivity index (χ4v) is 0.943. The minimum Gasteiger partial charge on any atom is -0.462 e. The Hall–Kier alpha value is -1.09. The molecule has 0 aliphatic rings. The van der Waals surface area contributed by atoms with Gasteiger partial charge in [0.2, 0.25) is 0 Å². The Labute approximate surface area is 91.8 Å². The van der Waals surface area contributed by atoms with E-state index in [1.165, 1.54) is 0 Å². The van der Waals surface area contributed by atoms with Gasteiger partial charge in [-0.05, 0) is 6.42 Å². The molecule has 15 heavy (non-hydrogen) atoms. The average molecular weight is 212 g/mol. The summed E-state index contributed by atoms with van der Waals surface area (Å²) in [6.45, 7) is 10.3. The number of rotatable bonds is 9. The minimum absolute atomic E-state index is 0.207. The van der Waals surface area contributed by atoms with Crippen molar-refractivity contribution in [1.82, 2.24) is 0 Å². The van der Waals surface area contributed by atoms with Crippen molar-refractivity contribution >= 4 is 5.97 Å². The van der Waals surface area contributed by atoms with Crippen LogP contribution >= 0.6 is 0 Å². The van der Waals surface area contributed by atoms with E-state index < -0.39 is 0 Å². The molecule has 0 aromatic heterocycles. The standard InChI is InChI=1S/C12H20O3/c1-4-6-7-9-15-12(13)11(3)10-14-8-5-2/h5H,2-4,6-10H2,1H3. The third-order valence-electron chi connectivity index (χ3n) is 1.78. The lowest BCUT2D eigenvalue weighted by molar-refractivity contribution is -0.139. The Morgan fingerprint density at radius 1 is 1.40 bits per heavy atom. The maximum Gasteiger partial charge on any atom is 0.335 e. The molecule has 0 unspecified atom stereocenters. The van der Waals surface area contributed by atoms with Crippen molar-refractivity contribution in [3.63, 3.8) is 0 Å². The molecular formula is C12H20O3. The van der Waals surface area contributed by atoms with Crippen LogP contribution in [0.1, 0.15) is 26.2 Å². The zero-order valence-corrected chi connectivity index (χ0v) is 9.46. The van der Waals surface area contributed by atoms with Gasteiger partial charge in [0.1, 0.15) is 0 Å². The van der Waals surface area contributed by atoms with E-state index in [0.717, 1.165) is 19.3 Å². The molecule has 0 spiro atoms. The Kier molecular flexibility index (Phi) is 8.78. The van der Waals surface area contributed by atoms with E-state index >= 15 is 0 Å². The van der Waals surface area contributed by atoms with E-state index in [1.807, 2.05) is 0 Å². The van der Waals surface area contributed by atoms with Crippen LogP contribution in [0.5, 0.6) is 0 Å². The van der Waals surface area contributed by atoms with E-state index in [9.17, 15) is 4.79 Å². The van der Waals surface area contributed by atoms with Gasteiger partial charge in [-0.2, -0.15) is 0 Å². The van der Waals surface area contributed by atoms with Crippen LogP contribution in [0.3, 0.4) is 0 Å². The predicted octanol–water partition coefficient (Wildman–Crippen LogP) is 2.48. The van der Waals surface area contributed by atoms with Crippen LogP contribution in [-0.4, -0.2) is 25.8 Å². The van der Waals surface area contributed by atoms with Crippen molar-refractivity contribution in [3.8, 4) is 0 Å². The molecule has 0 fully saturated rings. The predicted molar refractivity (Wildman–Crippen MR) is 60.6 cm³/mol. The first-order valence-corrected chi connectivity index (χ1v) is 5.25. The molecule has 0 radical (unpaired) electrons. The van der Waals surface area contributed by atoms with Crippen LogP contribution in [0.4, 0.5) is 0 Å². The highest BCUT2D eigenvalue weighted by atomic mass is 16.5. The minimum atomic E-state index is -0.366. The molecule has 0 aromatic carbocycles. The summed E-state index contributed by atoms with van der Waals surface area (Å²) in [5.74, 6) is -0.366. The highest BCUT2D eigenvalue weighted by molar-refractivity contribution is 5.87. The van der Waals surface area contributed by atoms with E-state index in [1.54, 1.807) is 6.08 Å². The summed E-state index contributed by atoms with van der Waals surface area (Å²) >= 11 is 0. The maximum atomic E-state index is 11.3. The lowest BCUT2D eigenvalue weighted by Gasteiger charge is -2.06. The second-order valence-electron chi connectivity index (χ2n) is 3.25. The molecule has 0 N–H and O–H groups in total. The fraction of sp³-hybridized carbons (Fsp3) is 0.583. The van der Waals surface area contributed by atoms with Gasteiger partial charge in [0, 0.05) is 0 Å². The van der Waals surface area contributed by atoms with Crippen molar-refractivity contribution in [2.24, 2.45) is 0 Å². The van der Waals surface area contributed by atoms with Crippen LogP contribution in [0, 0.1) is 0 Å². The van der Waals surface area contributed by atoms with Crippen molar-refractivity contribution in [2.45, 2.75) is 26.2 Å². The molecule has 0 amide bonds. The number of hydrogen-bond acceptors (Lipinski definition) is 3. The lowest BCUT2D eigenvalue weighted by Crippen LogP contribution is -2.12. The fourth-order valence-electron chi connectivity index (χ4n) is 0.943. The molecule has 0 aliphatic carbocycles. The lowest BCUT2D eigenvalue weighted by atomic mass is 10.3. The largest absolute Gasteiger partial charge is 0.462 e.